The van der Waals surface area contributed by atoms with E-state index in [1.54, 1.807) is 24.3 Å². The molecule has 0 bridgehead atoms. The molecule has 0 spiro atoms. The van der Waals surface area contributed by atoms with Gasteiger partial charge in [-0.05, 0) is 35.8 Å². The Morgan fingerprint density at radius 3 is 2.86 bits per heavy atom. The highest BCUT2D eigenvalue weighted by Crippen LogP contribution is 2.23. The molecule has 2 heterocycles. The Morgan fingerprint density at radius 2 is 2.00 bits per heavy atom. The summed E-state index contributed by atoms with van der Waals surface area (Å²) >= 11 is 1.28. The molecule has 1 aliphatic rings. The van der Waals surface area contributed by atoms with Crippen molar-refractivity contribution < 1.29 is 19.1 Å². The van der Waals surface area contributed by atoms with Crippen molar-refractivity contribution in [2.75, 3.05) is 31.7 Å². The van der Waals surface area contributed by atoms with E-state index < -0.39 is 0 Å². The molecule has 2 amide bonds. The third-order valence-electron chi connectivity index (χ3n) is 4.35. The summed E-state index contributed by atoms with van der Waals surface area (Å²) in [6.07, 6.45) is -0.140. The largest absolute Gasteiger partial charge is 0.376 e. The highest BCUT2D eigenvalue weighted by molar-refractivity contribution is 7.13. The summed E-state index contributed by atoms with van der Waals surface area (Å²) in [7, 11) is 0. The monoisotopic (exact) mass is 397 g/mol. The number of ether oxygens (including phenoxy) is 2. The lowest BCUT2D eigenvalue weighted by molar-refractivity contribution is -0.0855. The number of carbonyl (C=O) groups is 2. The van der Waals surface area contributed by atoms with Gasteiger partial charge in [0.05, 0.1) is 30.6 Å². The lowest BCUT2D eigenvalue weighted by Gasteiger charge is -2.23. The fourth-order valence-corrected chi connectivity index (χ4v) is 3.71. The van der Waals surface area contributed by atoms with E-state index in [0.717, 1.165) is 10.1 Å². The van der Waals surface area contributed by atoms with E-state index >= 15 is 0 Å². The van der Waals surface area contributed by atoms with E-state index in [1.165, 1.54) is 11.5 Å². The van der Waals surface area contributed by atoms with Crippen molar-refractivity contribution in [1.29, 1.82) is 0 Å². The van der Waals surface area contributed by atoms with Crippen molar-refractivity contribution in [3.05, 3.63) is 59.8 Å². The van der Waals surface area contributed by atoms with Gasteiger partial charge in [0.15, 0.2) is 0 Å². The molecule has 2 N–H and O–H groups in total. The number of nitrogens with one attached hydrogen (secondary N) is 2. The lowest BCUT2D eigenvalue weighted by Crippen LogP contribution is -2.39. The number of amides is 2. The molecule has 1 aromatic heterocycles. The van der Waals surface area contributed by atoms with Gasteiger partial charge in [0, 0.05) is 23.2 Å². The predicted molar refractivity (Wildman–Crippen MR) is 107 cm³/mol. The maximum absolute atomic E-state index is 12.6. The SMILES string of the molecule is O=C(NC[C@@H]1COCCO1)c1cccc(NC(=O)c2nsc3ccccc23)c1. The first-order valence-corrected chi connectivity index (χ1v) is 9.71. The van der Waals surface area contributed by atoms with Crippen LogP contribution in [0.15, 0.2) is 48.5 Å². The summed E-state index contributed by atoms with van der Waals surface area (Å²) in [6.45, 7) is 1.96. The molecule has 0 saturated carbocycles. The Kier molecular flexibility index (Phi) is 5.61. The van der Waals surface area contributed by atoms with Crippen LogP contribution in [0, 0.1) is 0 Å². The maximum Gasteiger partial charge on any atom is 0.276 e. The highest BCUT2D eigenvalue weighted by atomic mass is 32.1. The number of hydrogen-bond acceptors (Lipinski definition) is 6. The fourth-order valence-electron chi connectivity index (χ4n) is 2.94. The zero-order valence-corrected chi connectivity index (χ0v) is 15.8. The number of benzene rings is 2. The number of rotatable bonds is 5. The normalized spacial score (nSPS) is 16.6. The molecule has 28 heavy (non-hydrogen) atoms. The molecule has 2 aromatic carbocycles. The van der Waals surface area contributed by atoms with E-state index in [4.69, 9.17) is 9.47 Å². The molecule has 8 heteroatoms. The van der Waals surface area contributed by atoms with Crippen LogP contribution in [0.1, 0.15) is 20.8 Å². The summed E-state index contributed by atoms with van der Waals surface area (Å²) < 4.78 is 16.0. The first kappa shape index (κ1) is 18.5. The van der Waals surface area contributed by atoms with Gasteiger partial charge in [-0.1, -0.05) is 24.3 Å². The van der Waals surface area contributed by atoms with E-state index in [9.17, 15) is 9.59 Å². The second kappa shape index (κ2) is 8.47. The summed E-state index contributed by atoms with van der Waals surface area (Å²) in [4.78, 5) is 25.0. The van der Waals surface area contributed by atoms with Crippen LogP contribution in [0.4, 0.5) is 5.69 Å². The molecule has 1 fully saturated rings. The first-order chi connectivity index (χ1) is 13.7. The number of fused-ring (bicyclic) bond motifs is 1. The van der Waals surface area contributed by atoms with Crippen molar-refractivity contribution >= 4 is 39.1 Å². The van der Waals surface area contributed by atoms with Crippen molar-refractivity contribution in [2.45, 2.75) is 6.10 Å². The van der Waals surface area contributed by atoms with Gasteiger partial charge >= 0.3 is 0 Å². The zero-order valence-electron chi connectivity index (χ0n) is 15.0. The standard InChI is InChI=1S/C20H19N3O4S/c24-19(21-11-15-12-26-8-9-27-15)13-4-3-5-14(10-13)22-20(25)18-16-6-1-2-7-17(16)28-23-18/h1-7,10,15H,8-9,11-12H2,(H,21,24)(H,22,25)/t15-/m1/s1. The Balaban J connectivity index is 1.41. The van der Waals surface area contributed by atoms with Crippen molar-refractivity contribution in [1.82, 2.24) is 9.69 Å². The minimum absolute atomic E-state index is 0.140. The van der Waals surface area contributed by atoms with Gasteiger partial charge in [-0.15, -0.1) is 0 Å². The van der Waals surface area contributed by atoms with Gasteiger partial charge in [-0.3, -0.25) is 9.59 Å². The van der Waals surface area contributed by atoms with Gasteiger partial charge in [-0.25, -0.2) is 0 Å². The maximum atomic E-state index is 12.6. The van der Waals surface area contributed by atoms with Crippen LogP contribution in [0.3, 0.4) is 0 Å². The van der Waals surface area contributed by atoms with E-state index in [0.29, 0.717) is 43.3 Å². The molecule has 0 aliphatic carbocycles. The van der Waals surface area contributed by atoms with Crippen LogP contribution >= 0.6 is 11.5 Å². The molecule has 7 nitrogen and oxygen atoms in total. The van der Waals surface area contributed by atoms with Crippen molar-refractivity contribution in [3.63, 3.8) is 0 Å². The van der Waals surface area contributed by atoms with Crippen LogP contribution in [0.2, 0.25) is 0 Å². The number of nitrogens with zero attached hydrogens (tertiary/aromatic N) is 1. The average molecular weight is 397 g/mol. The second-order valence-electron chi connectivity index (χ2n) is 6.34. The van der Waals surface area contributed by atoms with Gasteiger partial charge in [0.1, 0.15) is 5.69 Å². The van der Waals surface area contributed by atoms with Crippen molar-refractivity contribution in [3.8, 4) is 0 Å². The topological polar surface area (TPSA) is 89.5 Å². The van der Waals surface area contributed by atoms with E-state index in [1.807, 2.05) is 24.3 Å². The minimum Gasteiger partial charge on any atom is -0.376 e. The van der Waals surface area contributed by atoms with Crippen LogP contribution in [-0.4, -0.2) is 48.7 Å². The quantitative estimate of drug-likeness (QED) is 0.691. The van der Waals surface area contributed by atoms with Crippen molar-refractivity contribution in [2.24, 2.45) is 0 Å². The Morgan fingerprint density at radius 1 is 1.11 bits per heavy atom. The molecule has 144 valence electrons. The molecule has 1 aliphatic heterocycles. The van der Waals surface area contributed by atoms with Gasteiger partial charge in [0.25, 0.3) is 11.8 Å². The lowest BCUT2D eigenvalue weighted by atomic mass is 10.1. The summed E-state index contributed by atoms with van der Waals surface area (Å²) in [5.74, 6) is -0.535. The molecular formula is C20H19N3O4S. The van der Waals surface area contributed by atoms with Gasteiger partial charge in [-0.2, -0.15) is 4.37 Å². The predicted octanol–water partition coefficient (Wildman–Crippen LogP) is 2.69. The number of carbonyl (C=O) groups excluding carboxylic acids is 2. The number of hydrogen-bond donors (Lipinski definition) is 2. The Hall–Kier alpha value is -2.81. The smallest absolute Gasteiger partial charge is 0.276 e. The molecule has 0 unspecified atom stereocenters. The highest BCUT2D eigenvalue weighted by Gasteiger charge is 2.17. The van der Waals surface area contributed by atoms with Crippen LogP contribution in [0.5, 0.6) is 0 Å². The second-order valence-corrected chi connectivity index (χ2v) is 7.14. The summed E-state index contributed by atoms with van der Waals surface area (Å²) in [5, 5.41) is 6.46. The van der Waals surface area contributed by atoms with Crippen LogP contribution < -0.4 is 10.6 Å². The first-order valence-electron chi connectivity index (χ1n) is 8.94. The number of aromatic nitrogens is 1. The molecule has 3 aromatic rings. The molecule has 4 rings (SSSR count). The molecule has 1 atom stereocenters. The van der Waals surface area contributed by atoms with Crippen LogP contribution in [0.25, 0.3) is 10.1 Å². The van der Waals surface area contributed by atoms with Gasteiger partial charge < -0.3 is 20.1 Å². The van der Waals surface area contributed by atoms with Crippen LogP contribution in [-0.2, 0) is 9.47 Å². The Bertz CT molecular complexity index is 998. The minimum atomic E-state index is -0.303. The molecule has 0 radical (unpaired) electrons. The third-order valence-corrected chi connectivity index (χ3v) is 5.18. The summed E-state index contributed by atoms with van der Waals surface area (Å²) in [5.41, 5.74) is 1.37. The average Bonchev–Trinajstić information content (AvgIpc) is 3.17. The zero-order chi connectivity index (χ0) is 19.3. The Labute approximate surface area is 165 Å². The van der Waals surface area contributed by atoms with E-state index in [2.05, 4.69) is 15.0 Å². The third kappa shape index (κ3) is 4.19. The van der Waals surface area contributed by atoms with Gasteiger partial charge in [0.2, 0.25) is 0 Å². The fraction of sp³-hybridized carbons (Fsp3) is 0.250. The number of anilines is 1. The summed E-state index contributed by atoms with van der Waals surface area (Å²) in [6, 6.07) is 14.4. The van der Waals surface area contributed by atoms with E-state index in [-0.39, 0.29) is 17.9 Å². The molecule has 1 saturated heterocycles. The molecular weight excluding hydrogens is 378 g/mol.